The summed E-state index contributed by atoms with van der Waals surface area (Å²) in [5.41, 5.74) is 2.66. The number of piperidine rings is 1. The Morgan fingerprint density at radius 2 is 1.68 bits per heavy atom. The van der Waals surface area contributed by atoms with Crippen molar-refractivity contribution in [1.82, 2.24) is 14.4 Å². The Hall–Kier alpha value is -3.04. The average molecular weight is 481 g/mol. The number of benzene rings is 2. The first-order chi connectivity index (χ1) is 16.3. The van der Waals surface area contributed by atoms with Gasteiger partial charge in [0.2, 0.25) is 27.6 Å². The van der Waals surface area contributed by atoms with Gasteiger partial charge in [-0.15, -0.1) is 0 Å². The number of nitrogens with zero attached hydrogens (tertiary/aromatic N) is 4. The lowest BCUT2D eigenvalue weighted by atomic mass is 10.0. The standard InChI is InChI=1S/C25H28N4O4S/c1-17-3-7-21(8-4-17)29-16-20(15-23(29)30)25-26-24(27-33-25)19-5-9-22(10-6-19)34(31,32)28-13-11-18(2)12-14-28/h3-10,18,20H,11-16H2,1-2H3/t20-/m0/s1. The molecule has 8 nitrogen and oxygen atoms in total. The third-order valence-corrected chi connectivity index (χ3v) is 8.67. The highest BCUT2D eigenvalue weighted by Crippen LogP contribution is 2.32. The zero-order chi connectivity index (χ0) is 23.9. The number of hydrogen-bond donors (Lipinski definition) is 0. The van der Waals surface area contributed by atoms with Gasteiger partial charge < -0.3 is 9.42 Å². The molecule has 1 atom stereocenters. The molecule has 3 aromatic rings. The predicted octanol–water partition coefficient (Wildman–Crippen LogP) is 3.99. The Labute approximate surface area is 199 Å². The molecule has 9 heteroatoms. The van der Waals surface area contributed by atoms with Crippen LogP contribution >= 0.6 is 0 Å². The van der Waals surface area contributed by atoms with Crippen LogP contribution in [0.5, 0.6) is 0 Å². The fourth-order valence-corrected chi connectivity index (χ4v) is 5.99. The second-order valence-corrected chi connectivity index (χ2v) is 11.2. The van der Waals surface area contributed by atoms with Crippen LogP contribution in [0.15, 0.2) is 57.9 Å². The molecule has 2 saturated heterocycles. The summed E-state index contributed by atoms with van der Waals surface area (Å²) >= 11 is 0. The molecule has 178 valence electrons. The first-order valence-corrected chi connectivity index (χ1v) is 13.1. The SMILES string of the molecule is Cc1ccc(N2C[C@@H](c3nc(-c4ccc(S(=O)(=O)N5CCC(C)CC5)cc4)no3)CC2=O)cc1. The quantitative estimate of drug-likeness (QED) is 0.548. The van der Waals surface area contributed by atoms with Gasteiger partial charge in [0, 0.05) is 37.3 Å². The molecular formula is C25H28N4O4S. The minimum atomic E-state index is -3.51. The van der Waals surface area contributed by atoms with E-state index in [4.69, 9.17) is 4.52 Å². The monoisotopic (exact) mass is 480 g/mol. The smallest absolute Gasteiger partial charge is 0.243 e. The summed E-state index contributed by atoms with van der Waals surface area (Å²) in [5, 5.41) is 4.08. The number of rotatable bonds is 5. The normalized spacial score (nSPS) is 20.2. The molecule has 3 heterocycles. The molecule has 2 fully saturated rings. The van der Waals surface area contributed by atoms with Crippen molar-refractivity contribution in [2.75, 3.05) is 24.5 Å². The summed E-state index contributed by atoms with van der Waals surface area (Å²) < 4.78 is 33.0. The number of anilines is 1. The number of sulfonamides is 1. The van der Waals surface area contributed by atoms with Crippen LogP contribution in [0.25, 0.3) is 11.4 Å². The van der Waals surface area contributed by atoms with Gasteiger partial charge in [-0.05, 0) is 62.1 Å². The molecule has 2 aliphatic rings. The highest BCUT2D eigenvalue weighted by molar-refractivity contribution is 7.89. The van der Waals surface area contributed by atoms with Crippen LogP contribution in [0.3, 0.4) is 0 Å². The van der Waals surface area contributed by atoms with E-state index >= 15 is 0 Å². The van der Waals surface area contributed by atoms with E-state index in [9.17, 15) is 13.2 Å². The van der Waals surface area contributed by atoms with Gasteiger partial charge in [0.25, 0.3) is 0 Å². The number of carbonyl (C=O) groups excluding carboxylic acids is 1. The fourth-order valence-electron chi connectivity index (χ4n) is 4.52. The van der Waals surface area contributed by atoms with Gasteiger partial charge in [0.15, 0.2) is 0 Å². The van der Waals surface area contributed by atoms with Gasteiger partial charge in [-0.2, -0.15) is 9.29 Å². The van der Waals surface area contributed by atoms with Gasteiger partial charge >= 0.3 is 0 Å². The van der Waals surface area contributed by atoms with Crippen LogP contribution in [0, 0.1) is 12.8 Å². The lowest BCUT2D eigenvalue weighted by Gasteiger charge is -2.29. The fraction of sp³-hybridized carbons (Fsp3) is 0.400. The maximum absolute atomic E-state index is 13.0. The topological polar surface area (TPSA) is 96.6 Å². The van der Waals surface area contributed by atoms with E-state index in [2.05, 4.69) is 17.1 Å². The van der Waals surface area contributed by atoms with Crippen molar-refractivity contribution in [2.24, 2.45) is 5.92 Å². The molecule has 0 aliphatic carbocycles. The Bertz CT molecular complexity index is 1280. The minimum absolute atomic E-state index is 0.0234. The third-order valence-electron chi connectivity index (χ3n) is 6.75. The molecule has 0 unspecified atom stereocenters. The second kappa shape index (κ2) is 8.96. The van der Waals surface area contributed by atoms with Crippen molar-refractivity contribution in [3.8, 4) is 11.4 Å². The molecule has 0 spiro atoms. The van der Waals surface area contributed by atoms with Crippen LogP contribution in [0.1, 0.15) is 43.6 Å². The summed E-state index contributed by atoms with van der Waals surface area (Å²) in [4.78, 5) is 19.1. The molecule has 2 aliphatic heterocycles. The molecule has 1 amide bonds. The third kappa shape index (κ3) is 4.37. The van der Waals surface area contributed by atoms with Gasteiger partial charge in [0.05, 0.1) is 10.8 Å². The van der Waals surface area contributed by atoms with Crippen LogP contribution in [0.4, 0.5) is 5.69 Å². The molecule has 0 N–H and O–H groups in total. The molecule has 1 aromatic heterocycles. The highest BCUT2D eigenvalue weighted by atomic mass is 32.2. The van der Waals surface area contributed by atoms with Crippen LogP contribution in [-0.2, 0) is 14.8 Å². The lowest BCUT2D eigenvalue weighted by Crippen LogP contribution is -2.37. The Balaban J connectivity index is 1.29. The van der Waals surface area contributed by atoms with Crippen molar-refractivity contribution >= 4 is 21.6 Å². The zero-order valence-corrected chi connectivity index (χ0v) is 20.2. The zero-order valence-electron chi connectivity index (χ0n) is 19.3. The first kappa shape index (κ1) is 22.7. The van der Waals surface area contributed by atoms with E-state index in [0.29, 0.717) is 49.3 Å². The molecule has 0 bridgehead atoms. The maximum atomic E-state index is 13.0. The Kier molecular flexibility index (Phi) is 5.99. The van der Waals surface area contributed by atoms with Crippen LogP contribution < -0.4 is 4.90 Å². The molecule has 0 saturated carbocycles. The van der Waals surface area contributed by atoms with Gasteiger partial charge in [-0.3, -0.25) is 4.79 Å². The van der Waals surface area contributed by atoms with Crippen molar-refractivity contribution < 1.29 is 17.7 Å². The number of aromatic nitrogens is 2. The number of aryl methyl sites for hydroxylation is 1. The van der Waals surface area contributed by atoms with E-state index in [1.54, 1.807) is 33.5 Å². The van der Waals surface area contributed by atoms with Crippen molar-refractivity contribution in [2.45, 2.75) is 43.9 Å². The van der Waals surface area contributed by atoms with Crippen LogP contribution in [0.2, 0.25) is 0 Å². The van der Waals surface area contributed by atoms with E-state index in [1.165, 1.54) is 0 Å². The first-order valence-electron chi connectivity index (χ1n) is 11.6. The predicted molar refractivity (Wildman–Crippen MR) is 128 cm³/mol. The largest absolute Gasteiger partial charge is 0.339 e. The minimum Gasteiger partial charge on any atom is -0.339 e. The number of amides is 1. The summed E-state index contributed by atoms with van der Waals surface area (Å²) in [5.74, 6) is 1.19. The summed E-state index contributed by atoms with van der Waals surface area (Å²) in [6.45, 7) is 5.75. The highest BCUT2D eigenvalue weighted by Gasteiger charge is 2.35. The van der Waals surface area contributed by atoms with Gasteiger partial charge in [-0.1, -0.05) is 29.8 Å². The van der Waals surface area contributed by atoms with Crippen LogP contribution in [-0.4, -0.2) is 48.4 Å². The van der Waals surface area contributed by atoms with Crippen molar-refractivity contribution in [3.63, 3.8) is 0 Å². The maximum Gasteiger partial charge on any atom is 0.243 e. The summed E-state index contributed by atoms with van der Waals surface area (Å²) in [6.07, 6.45) is 2.07. The van der Waals surface area contributed by atoms with Gasteiger partial charge in [0.1, 0.15) is 0 Å². The molecule has 2 aromatic carbocycles. The van der Waals surface area contributed by atoms with Crippen molar-refractivity contribution in [3.05, 3.63) is 60.0 Å². The van der Waals surface area contributed by atoms with Crippen molar-refractivity contribution in [1.29, 1.82) is 0 Å². The molecule has 34 heavy (non-hydrogen) atoms. The molecule has 0 radical (unpaired) electrons. The number of carbonyl (C=O) groups is 1. The lowest BCUT2D eigenvalue weighted by molar-refractivity contribution is -0.117. The van der Waals surface area contributed by atoms with E-state index in [0.717, 1.165) is 24.1 Å². The van der Waals surface area contributed by atoms with E-state index in [1.807, 2.05) is 31.2 Å². The number of hydrogen-bond acceptors (Lipinski definition) is 6. The summed E-state index contributed by atoms with van der Waals surface area (Å²) in [6, 6.07) is 14.4. The molecular weight excluding hydrogens is 452 g/mol. The Morgan fingerprint density at radius 1 is 1.00 bits per heavy atom. The Morgan fingerprint density at radius 3 is 2.35 bits per heavy atom. The van der Waals surface area contributed by atoms with Gasteiger partial charge in [-0.25, -0.2) is 8.42 Å². The average Bonchev–Trinajstić information content (AvgIpc) is 3.47. The second-order valence-electron chi connectivity index (χ2n) is 9.31. The summed E-state index contributed by atoms with van der Waals surface area (Å²) in [7, 11) is -3.51. The van der Waals surface area contributed by atoms with E-state index in [-0.39, 0.29) is 16.7 Å². The molecule has 5 rings (SSSR count). The van der Waals surface area contributed by atoms with E-state index < -0.39 is 10.0 Å².